The van der Waals surface area contributed by atoms with Crippen LogP contribution in [0.4, 0.5) is 0 Å². The number of sulfonamides is 1. The molecule has 0 heterocycles. The van der Waals surface area contributed by atoms with E-state index in [0.717, 1.165) is 21.7 Å². The first-order chi connectivity index (χ1) is 14.1. The Labute approximate surface area is 177 Å². The minimum Gasteiger partial charge on any atom is -0.480 e. The Morgan fingerprint density at radius 2 is 2.07 bits per heavy atom. The molecule has 0 fully saturated rings. The van der Waals surface area contributed by atoms with Gasteiger partial charge in [-0.3, -0.25) is 9.59 Å². The van der Waals surface area contributed by atoms with Gasteiger partial charge >= 0.3 is 5.97 Å². The van der Waals surface area contributed by atoms with Crippen LogP contribution in [-0.4, -0.2) is 61.8 Å². The fourth-order valence-electron chi connectivity index (χ4n) is 2.67. The molecule has 10 heteroatoms. The van der Waals surface area contributed by atoms with Gasteiger partial charge in [0.1, 0.15) is 6.04 Å². The average Bonchev–Trinajstić information content (AvgIpc) is 2.68. The highest BCUT2D eigenvalue weighted by molar-refractivity contribution is 7.92. The summed E-state index contributed by atoms with van der Waals surface area (Å²) in [4.78, 5) is 35.5. The standard InChI is InChI=1S/C20H29N3O6S/c1-4-5-12-30(28,29)23(3)14-19(25)22-17(20(26)27)13-21-18(24)11-10-16-9-7-6-8-15(16)2/h4-7,9,12,15,17H,1,8,10-11,13-14H2,2-3H3,(H,21,24)(H,22,25)(H,26,27)/b12-5+. The lowest BCUT2D eigenvalue weighted by atomic mass is 9.90. The van der Waals surface area contributed by atoms with Crippen molar-refractivity contribution >= 4 is 27.8 Å². The van der Waals surface area contributed by atoms with Gasteiger partial charge in [0.05, 0.1) is 6.54 Å². The summed E-state index contributed by atoms with van der Waals surface area (Å²) < 4.78 is 24.6. The minimum absolute atomic E-state index is 0.209. The number of nitrogens with zero attached hydrogens (tertiary/aromatic N) is 1. The third-order valence-corrected chi connectivity index (χ3v) is 6.03. The topological polar surface area (TPSA) is 133 Å². The Morgan fingerprint density at radius 1 is 1.37 bits per heavy atom. The summed E-state index contributed by atoms with van der Waals surface area (Å²) in [7, 11) is -2.64. The van der Waals surface area contributed by atoms with Crippen LogP contribution < -0.4 is 10.6 Å². The van der Waals surface area contributed by atoms with Gasteiger partial charge in [-0.15, -0.1) is 0 Å². The van der Waals surface area contributed by atoms with Crippen molar-refractivity contribution < 1.29 is 27.9 Å². The monoisotopic (exact) mass is 439 g/mol. The number of hydrogen-bond acceptors (Lipinski definition) is 5. The molecule has 0 aromatic heterocycles. The zero-order valence-corrected chi connectivity index (χ0v) is 18.0. The number of likely N-dealkylation sites (N-methyl/N-ethyl adjacent to an activating group) is 1. The first-order valence-corrected chi connectivity index (χ1v) is 11.0. The molecule has 3 N–H and O–H groups in total. The van der Waals surface area contributed by atoms with Crippen LogP contribution in [0.15, 0.2) is 47.9 Å². The van der Waals surface area contributed by atoms with E-state index in [4.69, 9.17) is 0 Å². The molecule has 30 heavy (non-hydrogen) atoms. The molecule has 1 rings (SSSR count). The third-order valence-electron chi connectivity index (χ3n) is 4.53. The van der Waals surface area contributed by atoms with E-state index in [1.807, 2.05) is 12.2 Å². The maximum absolute atomic E-state index is 12.1. The van der Waals surface area contributed by atoms with Gasteiger partial charge in [0, 0.05) is 25.4 Å². The van der Waals surface area contributed by atoms with Crippen molar-refractivity contribution in [3.63, 3.8) is 0 Å². The average molecular weight is 440 g/mol. The molecule has 1 aliphatic rings. The van der Waals surface area contributed by atoms with Gasteiger partial charge in [0.2, 0.25) is 21.8 Å². The van der Waals surface area contributed by atoms with Crippen molar-refractivity contribution in [1.82, 2.24) is 14.9 Å². The molecule has 0 saturated carbocycles. The van der Waals surface area contributed by atoms with E-state index in [0.29, 0.717) is 12.3 Å². The molecule has 0 radical (unpaired) electrons. The molecule has 0 aromatic carbocycles. The van der Waals surface area contributed by atoms with E-state index in [9.17, 15) is 27.9 Å². The lowest BCUT2D eigenvalue weighted by molar-refractivity contribution is -0.141. The van der Waals surface area contributed by atoms with E-state index in [2.05, 4.69) is 30.2 Å². The minimum atomic E-state index is -3.83. The summed E-state index contributed by atoms with van der Waals surface area (Å²) in [6.45, 7) is 4.57. The number of carbonyl (C=O) groups is 3. The summed E-state index contributed by atoms with van der Waals surface area (Å²) in [5, 5.41) is 14.9. The summed E-state index contributed by atoms with van der Waals surface area (Å²) in [5.74, 6) is -2.10. The molecule has 0 bridgehead atoms. The van der Waals surface area contributed by atoms with Crippen LogP contribution in [0.25, 0.3) is 0 Å². The highest BCUT2D eigenvalue weighted by Gasteiger charge is 2.24. The highest BCUT2D eigenvalue weighted by Crippen LogP contribution is 2.23. The second kappa shape index (κ2) is 12.1. The van der Waals surface area contributed by atoms with Crippen molar-refractivity contribution in [2.24, 2.45) is 5.92 Å². The summed E-state index contributed by atoms with van der Waals surface area (Å²) in [6, 6.07) is -1.38. The molecule has 0 spiro atoms. The van der Waals surface area contributed by atoms with E-state index in [1.54, 1.807) is 0 Å². The third kappa shape index (κ3) is 8.75. The highest BCUT2D eigenvalue weighted by atomic mass is 32.2. The molecule has 2 unspecified atom stereocenters. The number of nitrogens with one attached hydrogen (secondary N) is 2. The smallest absolute Gasteiger partial charge is 0.328 e. The van der Waals surface area contributed by atoms with Gasteiger partial charge in [0.15, 0.2) is 0 Å². The normalized spacial score (nSPS) is 17.4. The Balaban J connectivity index is 2.52. The fourth-order valence-corrected chi connectivity index (χ4v) is 3.49. The number of aliphatic carboxylic acids is 1. The molecule has 166 valence electrons. The first-order valence-electron chi connectivity index (χ1n) is 9.46. The predicted molar refractivity (Wildman–Crippen MR) is 114 cm³/mol. The Bertz CT molecular complexity index is 845. The number of rotatable bonds is 12. The van der Waals surface area contributed by atoms with Gasteiger partial charge in [-0.1, -0.05) is 49.5 Å². The molecule has 2 amide bonds. The molecule has 1 aliphatic carbocycles. The van der Waals surface area contributed by atoms with Gasteiger partial charge in [0.25, 0.3) is 0 Å². The summed E-state index contributed by atoms with van der Waals surface area (Å²) in [5.41, 5.74) is 1.16. The molecular weight excluding hydrogens is 410 g/mol. The lowest BCUT2D eigenvalue weighted by Gasteiger charge is -2.19. The van der Waals surface area contributed by atoms with Gasteiger partial charge < -0.3 is 15.7 Å². The van der Waals surface area contributed by atoms with Crippen LogP contribution >= 0.6 is 0 Å². The molecule has 2 atom stereocenters. The van der Waals surface area contributed by atoms with Crippen LogP contribution in [-0.2, 0) is 24.4 Å². The molecule has 0 aliphatic heterocycles. The Morgan fingerprint density at radius 3 is 2.67 bits per heavy atom. The SMILES string of the molecule is C=C/C=C/S(=O)(=O)N(C)CC(=O)NC(CNC(=O)CCC1=CC=CCC1C)C(=O)O. The number of allylic oxidation sites excluding steroid dienone is 6. The van der Waals surface area contributed by atoms with E-state index >= 15 is 0 Å². The molecule has 0 aromatic rings. The zero-order chi connectivity index (χ0) is 22.7. The van der Waals surface area contributed by atoms with E-state index in [-0.39, 0.29) is 18.9 Å². The van der Waals surface area contributed by atoms with Crippen molar-refractivity contribution in [1.29, 1.82) is 0 Å². The second-order valence-corrected chi connectivity index (χ2v) is 8.86. The number of amides is 2. The molecular formula is C20H29N3O6S. The van der Waals surface area contributed by atoms with E-state index in [1.165, 1.54) is 19.2 Å². The van der Waals surface area contributed by atoms with Crippen molar-refractivity contribution in [2.45, 2.75) is 32.2 Å². The van der Waals surface area contributed by atoms with Gasteiger partial charge in [-0.05, 0) is 18.8 Å². The van der Waals surface area contributed by atoms with Gasteiger partial charge in [-0.25, -0.2) is 13.2 Å². The maximum Gasteiger partial charge on any atom is 0.328 e. The van der Waals surface area contributed by atoms with Crippen molar-refractivity contribution in [3.8, 4) is 0 Å². The Hall–Kier alpha value is -2.72. The molecule has 0 saturated heterocycles. The summed E-state index contributed by atoms with van der Waals surface area (Å²) in [6.07, 6.45) is 10.2. The first kappa shape index (κ1) is 25.3. The number of carbonyl (C=O) groups excluding carboxylic acids is 2. The number of carboxylic acids is 1. The van der Waals surface area contributed by atoms with Crippen molar-refractivity contribution in [2.75, 3.05) is 20.1 Å². The van der Waals surface area contributed by atoms with Crippen LogP contribution in [0, 0.1) is 5.92 Å². The lowest BCUT2D eigenvalue weighted by Crippen LogP contribution is -2.50. The van der Waals surface area contributed by atoms with Crippen LogP contribution in [0.3, 0.4) is 0 Å². The maximum atomic E-state index is 12.1. The zero-order valence-electron chi connectivity index (χ0n) is 17.2. The molecule has 9 nitrogen and oxygen atoms in total. The second-order valence-electron chi connectivity index (χ2n) is 6.93. The van der Waals surface area contributed by atoms with Crippen molar-refractivity contribution in [3.05, 3.63) is 47.9 Å². The summed E-state index contributed by atoms with van der Waals surface area (Å²) >= 11 is 0. The Kier molecular flexibility index (Phi) is 10.2. The van der Waals surface area contributed by atoms with Crippen LogP contribution in [0.1, 0.15) is 26.2 Å². The van der Waals surface area contributed by atoms with E-state index < -0.39 is 34.5 Å². The predicted octanol–water partition coefficient (Wildman–Crippen LogP) is 0.936. The number of carboxylic acid groups (broad SMARTS) is 1. The number of hydrogen-bond donors (Lipinski definition) is 3. The van der Waals surface area contributed by atoms with Crippen LogP contribution in [0.2, 0.25) is 0 Å². The van der Waals surface area contributed by atoms with Gasteiger partial charge in [-0.2, -0.15) is 4.31 Å². The fraction of sp³-hybridized carbons (Fsp3) is 0.450. The van der Waals surface area contributed by atoms with Crippen LogP contribution in [0.5, 0.6) is 0 Å². The largest absolute Gasteiger partial charge is 0.480 e. The quantitative estimate of drug-likeness (QED) is 0.388.